The highest BCUT2D eigenvalue weighted by atomic mass is 32.2. The first-order valence-electron chi connectivity index (χ1n) is 6.37. The molecule has 3 N–H and O–H groups in total. The molecule has 1 aliphatic carbocycles. The van der Waals surface area contributed by atoms with Crippen molar-refractivity contribution >= 4 is 23.4 Å². The van der Waals surface area contributed by atoms with Crippen LogP contribution in [-0.2, 0) is 0 Å². The fraction of sp³-hybridized carbons (Fsp3) is 0.500. The van der Waals surface area contributed by atoms with Crippen molar-refractivity contribution in [2.24, 2.45) is 0 Å². The lowest BCUT2D eigenvalue weighted by atomic mass is 9.84. The van der Waals surface area contributed by atoms with Crippen molar-refractivity contribution in [3.63, 3.8) is 0 Å². The van der Waals surface area contributed by atoms with Gasteiger partial charge in [0.15, 0.2) is 0 Å². The van der Waals surface area contributed by atoms with Crippen LogP contribution < -0.4 is 15.8 Å². The summed E-state index contributed by atoms with van der Waals surface area (Å²) in [5.41, 5.74) is 6.87. The third-order valence-corrected chi connectivity index (χ3v) is 5.18. The Bertz CT molecular complexity index is 467. The third kappa shape index (κ3) is 2.97. The summed E-state index contributed by atoms with van der Waals surface area (Å²) < 4.78 is 5.32. The van der Waals surface area contributed by atoms with Crippen LogP contribution in [-0.4, -0.2) is 30.6 Å². The number of ether oxygens (including phenoxy) is 1. The van der Waals surface area contributed by atoms with Gasteiger partial charge in [-0.15, -0.1) is 0 Å². The predicted octanol–water partition coefficient (Wildman–Crippen LogP) is 2.29. The Morgan fingerprint density at radius 2 is 2.26 bits per heavy atom. The van der Waals surface area contributed by atoms with Crippen molar-refractivity contribution in [2.75, 3.05) is 25.6 Å². The highest BCUT2D eigenvalue weighted by molar-refractivity contribution is 8.00. The zero-order chi connectivity index (χ0) is 13.9. The minimum atomic E-state index is -0.0744. The van der Waals surface area contributed by atoms with Crippen LogP contribution in [0.3, 0.4) is 0 Å². The molecule has 0 aliphatic heterocycles. The van der Waals surface area contributed by atoms with E-state index in [4.69, 9.17) is 10.5 Å². The maximum Gasteiger partial charge on any atom is 0.251 e. The number of amides is 1. The summed E-state index contributed by atoms with van der Waals surface area (Å²) >= 11 is 1.85. The molecular formula is C14H20N2O2S. The van der Waals surface area contributed by atoms with Crippen molar-refractivity contribution in [3.8, 4) is 5.75 Å². The molecule has 0 saturated heterocycles. The SMILES string of the molecule is COc1ccc(C(=O)NCC2(SC)CCC2)cc1N. The van der Waals surface area contributed by atoms with Crippen molar-refractivity contribution in [1.82, 2.24) is 5.32 Å². The number of anilines is 1. The van der Waals surface area contributed by atoms with E-state index < -0.39 is 0 Å². The van der Waals surface area contributed by atoms with Gasteiger partial charge in [-0.25, -0.2) is 0 Å². The molecule has 1 aromatic rings. The van der Waals surface area contributed by atoms with Gasteiger partial charge in [-0.3, -0.25) is 4.79 Å². The number of benzene rings is 1. The Morgan fingerprint density at radius 1 is 1.53 bits per heavy atom. The summed E-state index contributed by atoms with van der Waals surface area (Å²) in [5, 5.41) is 3.00. The number of carbonyl (C=O) groups is 1. The minimum absolute atomic E-state index is 0.0744. The Labute approximate surface area is 118 Å². The van der Waals surface area contributed by atoms with E-state index in [0.717, 1.165) is 6.54 Å². The van der Waals surface area contributed by atoms with Crippen molar-refractivity contribution in [2.45, 2.75) is 24.0 Å². The van der Waals surface area contributed by atoms with Gasteiger partial charge < -0.3 is 15.8 Å². The maximum absolute atomic E-state index is 12.1. The van der Waals surface area contributed by atoms with Gasteiger partial charge in [-0.1, -0.05) is 6.42 Å². The van der Waals surface area contributed by atoms with Gasteiger partial charge in [0.25, 0.3) is 5.91 Å². The highest BCUT2D eigenvalue weighted by Gasteiger charge is 2.36. The van der Waals surface area contributed by atoms with Crippen LogP contribution in [0.15, 0.2) is 18.2 Å². The van der Waals surface area contributed by atoms with E-state index in [1.807, 2.05) is 11.8 Å². The van der Waals surface area contributed by atoms with E-state index in [1.165, 1.54) is 19.3 Å². The van der Waals surface area contributed by atoms with E-state index in [1.54, 1.807) is 25.3 Å². The summed E-state index contributed by atoms with van der Waals surface area (Å²) in [6.07, 6.45) is 5.72. The van der Waals surface area contributed by atoms with Gasteiger partial charge in [0.1, 0.15) is 5.75 Å². The molecule has 0 radical (unpaired) electrons. The maximum atomic E-state index is 12.1. The zero-order valence-corrected chi connectivity index (χ0v) is 12.2. The van der Waals surface area contributed by atoms with E-state index >= 15 is 0 Å². The van der Waals surface area contributed by atoms with Gasteiger partial charge in [-0.2, -0.15) is 11.8 Å². The molecule has 104 valence electrons. The first-order valence-corrected chi connectivity index (χ1v) is 7.59. The normalized spacial score (nSPS) is 16.5. The number of nitrogens with one attached hydrogen (secondary N) is 1. The van der Waals surface area contributed by atoms with Crippen LogP contribution in [0.4, 0.5) is 5.69 Å². The Kier molecular flexibility index (Phi) is 4.24. The number of rotatable bonds is 5. The van der Waals surface area contributed by atoms with Crippen molar-refractivity contribution in [1.29, 1.82) is 0 Å². The molecule has 1 amide bonds. The summed E-state index contributed by atoms with van der Waals surface area (Å²) in [4.78, 5) is 12.1. The first-order chi connectivity index (χ1) is 9.10. The fourth-order valence-electron chi connectivity index (χ4n) is 2.24. The summed E-state index contributed by atoms with van der Waals surface area (Å²) in [7, 11) is 1.56. The van der Waals surface area contributed by atoms with Crippen molar-refractivity contribution in [3.05, 3.63) is 23.8 Å². The Morgan fingerprint density at radius 3 is 2.74 bits per heavy atom. The Hall–Kier alpha value is -1.36. The summed E-state index contributed by atoms with van der Waals surface area (Å²) in [5.74, 6) is 0.519. The lowest BCUT2D eigenvalue weighted by Gasteiger charge is -2.40. The topological polar surface area (TPSA) is 64.3 Å². The van der Waals surface area contributed by atoms with Crippen LogP contribution in [0.2, 0.25) is 0 Å². The number of hydrogen-bond acceptors (Lipinski definition) is 4. The molecule has 2 rings (SSSR count). The number of carbonyl (C=O) groups excluding carboxylic acids is 1. The number of methoxy groups -OCH3 is 1. The van der Waals surface area contributed by atoms with Crippen molar-refractivity contribution < 1.29 is 9.53 Å². The molecule has 0 aromatic heterocycles. The second kappa shape index (κ2) is 5.74. The van der Waals surface area contributed by atoms with Gasteiger partial charge in [0, 0.05) is 16.9 Å². The number of nitrogens with two attached hydrogens (primary N) is 1. The average molecular weight is 280 g/mol. The lowest BCUT2D eigenvalue weighted by Crippen LogP contribution is -2.45. The van der Waals surface area contributed by atoms with E-state index in [0.29, 0.717) is 17.0 Å². The summed E-state index contributed by atoms with van der Waals surface area (Å²) in [6, 6.07) is 5.11. The van der Waals surface area contributed by atoms with Gasteiger partial charge in [-0.05, 0) is 37.3 Å². The van der Waals surface area contributed by atoms with E-state index in [-0.39, 0.29) is 10.7 Å². The monoisotopic (exact) mass is 280 g/mol. The minimum Gasteiger partial charge on any atom is -0.495 e. The molecule has 0 atom stereocenters. The molecule has 1 aromatic carbocycles. The third-order valence-electron chi connectivity index (χ3n) is 3.76. The van der Waals surface area contributed by atoms with E-state index in [2.05, 4.69) is 11.6 Å². The molecule has 1 fully saturated rings. The summed E-state index contributed by atoms with van der Waals surface area (Å²) in [6.45, 7) is 0.721. The van der Waals surface area contributed by atoms with Crippen LogP contribution in [0.1, 0.15) is 29.6 Å². The lowest BCUT2D eigenvalue weighted by molar-refractivity contribution is 0.0944. The molecule has 5 heteroatoms. The largest absolute Gasteiger partial charge is 0.495 e. The quantitative estimate of drug-likeness (QED) is 0.812. The molecule has 0 unspecified atom stereocenters. The molecule has 0 bridgehead atoms. The molecule has 0 heterocycles. The van der Waals surface area contributed by atoms with Crippen LogP contribution in [0.5, 0.6) is 5.75 Å². The second-order valence-corrected chi connectivity index (χ2v) is 6.15. The smallest absolute Gasteiger partial charge is 0.251 e. The molecule has 1 aliphatic rings. The van der Waals surface area contributed by atoms with Crippen LogP contribution in [0.25, 0.3) is 0 Å². The first kappa shape index (κ1) is 14.1. The average Bonchev–Trinajstić information content (AvgIpc) is 2.37. The molecule has 4 nitrogen and oxygen atoms in total. The standard InChI is InChI=1S/C14H20N2O2S/c1-18-12-5-4-10(8-11(12)15)13(17)16-9-14(19-2)6-3-7-14/h4-5,8H,3,6-7,9,15H2,1-2H3,(H,16,17). The zero-order valence-electron chi connectivity index (χ0n) is 11.4. The second-order valence-electron chi connectivity index (χ2n) is 4.88. The molecular weight excluding hydrogens is 260 g/mol. The van der Waals surface area contributed by atoms with Gasteiger partial charge in [0.05, 0.1) is 12.8 Å². The van der Waals surface area contributed by atoms with Gasteiger partial charge >= 0.3 is 0 Å². The van der Waals surface area contributed by atoms with Gasteiger partial charge in [0.2, 0.25) is 0 Å². The number of thioether (sulfide) groups is 1. The number of nitrogen functional groups attached to an aromatic ring is 1. The molecule has 19 heavy (non-hydrogen) atoms. The van der Waals surface area contributed by atoms with E-state index in [9.17, 15) is 4.79 Å². The number of hydrogen-bond donors (Lipinski definition) is 2. The fourth-order valence-corrected chi connectivity index (χ4v) is 3.16. The molecule has 1 saturated carbocycles. The van der Waals surface area contributed by atoms with Crippen LogP contribution in [0, 0.1) is 0 Å². The predicted molar refractivity (Wildman–Crippen MR) is 79.8 cm³/mol. The highest BCUT2D eigenvalue weighted by Crippen LogP contribution is 2.42. The molecule has 0 spiro atoms. The van der Waals surface area contributed by atoms with Crippen LogP contribution >= 0.6 is 11.8 Å². The Balaban J connectivity index is 1.98.